The molecule has 0 aliphatic rings. The summed E-state index contributed by atoms with van der Waals surface area (Å²) in [7, 11) is 0. The molecule has 1 heteroatoms. The van der Waals surface area contributed by atoms with Gasteiger partial charge in [0.1, 0.15) is 0 Å². The Bertz CT molecular complexity index is 334. The van der Waals surface area contributed by atoms with Crippen molar-refractivity contribution in [2.45, 2.75) is 45.1 Å². The number of unbranched alkanes of at least 4 members (excludes halogenated alkanes) is 1. The lowest BCUT2D eigenvalue weighted by molar-refractivity contribution is 0.0682. The monoisotopic (exact) mass is 218 g/mol. The van der Waals surface area contributed by atoms with E-state index in [1.54, 1.807) is 0 Å². The summed E-state index contributed by atoms with van der Waals surface area (Å²) in [4.78, 5) is 0. The van der Waals surface area contributed by atoms with Crippen LogP contribution in [0.15, 0.2) is 30.8 Å². The molecule has 1 N–H and O–H groups in total. The summed E-state index contributed by atoms with van der Waals surface area (Å²) in [5, 5.41) is 9.60. The van der Waals surface area contributed by atoms with Gasteiger partial charge >= 0.3 is 0 Å². The fourth-order valence-corrected chi connectivity index (χ4v) is 1.83. The van der Waals surface area contributed by atoms with Crippen molar-refractivity contribution in [3.63, 3.8) is 0 Å². The van der Waals surface area contributed by atoms with Crippen LogP contribution in [0.4, 0.5) is 0 Å². The van der Waals surface area contributed by atoms with Gasteiger partial charge in [-0.25, -0.2) is 0 Å². The Morgan fingerprint density at radius 2 is 1.94 bits per heavy atom. The Labute approximate surface area is 98.8 Å². The first-order valence-electron chi connectivity index (χ1n) is 5.95. The topological polar surface area (TPSA) is 20.2 Å². The van der Waals surface area contributed by atoms with Gasteiger partial charge in [-0.2, -0.15) is 0 Å². The minimum Gasteiger partial charge on any atom is -0.390 e. The molecule has 0 spiro atoms. The van der Waals surface area contributed by atoms with Crippen LogP contribution in [0.3, 0.4) is 0 Å². The van der Waals surface area contributed by atoms with Gasteiger partial charge < -0.3 is 5.11 Å². The Morgan fingerprint density at radius 1 is 1.25 bits per heavy atom. The number of benzene rings is 1. The van der Waals surface area contributed by atoms with Crippen LogP contribution in [-0.4, -0.2) is 10.7 Å². The van der Waals surface area contributed by atoms with Gasteiger partial charge in [0.25, 0.3) is 0 Å². The van der Waals surface area contributed by atoms with Crippen LogP contribution in [0.5, 0.6) is 0 Å². The molecule has 0 amide bonds. The molecule has 0 saturated heterocycles. The van der Waals surface area contributed by atoms with Crippen LogP contribution in [-0.2, 0) is 6.42 Å². The van der Waals surface area contributed by atoms with Crippen LogP contribution in [0, 0.1) is 0 Å². The molecule has 88 valence electrons. The predicted octanol–water partition coefficient (Wildman–Crippen LogP) is 3.81. The molecule has 0 saturated carbocycles. The summed E-state index contributed by atoms with van der Waals surface area (Å²) in [5.74, 6) is 0. The van der Waals surface area contributed by atoms with Crippen molar-refractivity contribution >= 4 is 6.08 Å². The standard InChI is InChI=1S/C15H22O/c1-4-13-9-5-6-10-14(13)11-7-8-12-15(2,3)16/h4-6,9-10,16H,1,7-8,11-12H2,2-3H3. The molecular formula is C15H22O. The van der Waals surface area contributed by atoms with Crippen LogP contribution in [0.1, 0.15) is 44.2 Å². The van der Waals surface area contributed by atoms with E-state index in [2.05, 4.69) is 24.8 Å². The first-order chi connectivity index (χ1) is 7.53. The fraction of sp³-hybridized carbons (Fsp3) is 0.467. The lowest BCUT2D eigenvalue weighted by Crippen LogP contribution is -2.17. The van der Waals surface area contributed by atoms with Crippen molar-refractivity contribution in [2.24, 2.45) is 0 Å². The molecule has 1 nitrogen and oxygen atoms in total. The van der Waals surface area contributed by atoms with Crippen molar-refractivity contribution in [1.29, 1.82) is 0 Å². The summed E-state index contributed by atoms with van der Waals surface area (Å²) in [5.41, 5.74) is 2.05. The third-order valence-corrected chi connectivity index (χ3v) is 2.76. The zero-order valence-electron chi connectivity index (χ0n) is 10.4. The molecule has 0 bridgehead atoms. The SMILES string of the molecule is C=Cc1ccccc1CCCCC(C)(C)O. The highest BCUT2D eigenvalue weighted by Crippen LogP contribution is 2.16. The van der Waals surface area contributed by atoms with E-state index in [1.165, 1.54) is 11.1 Å². The summed E-state index contributed by atoms with van der Waals surface area (Å²) < 4.78 is 0. The third kappa shape index (κ3) is 4.63. The zero-order valence-corrected chi connectivity index (χ0v) is 10.4. The molecule has 0 radical (unpaired) electrons. The molecule has 0 fully saturated rings. The maximum absolute atomic E-state index is 9.60. The maximum Gasteiger partial charge on any atom is 0.0591 e. The molecule has 0 atom stereocenters. The van der Waals surface area contributed by atoms with Gasteiger partial charge in [0.2, 0.25) is 0 Å². The smallest absolute Gasteiger partial charge is 0.0591 e. The maximum atomic E-state index is 9.60. The highest BCUT2D eigenvalue weighted by Gasteiger charge is 2.11. The van der Waals surface area contributed by atoms with Gasteiger partial charge in [-0.05, 0) is 44.2 Å². The van der Waals surface area contributed by atoms with Crippen LogP contribution in [0.2, 0.25) is 0 Å². The molecule has 16 heavy (non-hydrogen) atoms. The molecule has 1 rings (SSSR count). The Morgan fingerprint density at radius 3 is 2.56 bits per heavy atom. The number of rotatable bonds is 6. The molecular weight excluding hydrogens is 196 g/mol. The van der Waals surface area contributed by atoms with E-state index < -0.39 is 5.60 Å². The largest absolute Gasteiger partial charge is 0.390 e. The van der Waals surface area contributed by atoms with Crippen LogP contribution in [0.25, 0.3) is 6.08 Å². The average molecular weight is 218 g/mol. The minimum atomic E-state index is -0.530. The number of aliphatic hydroxyl groups is 1. The first-order valence-corrected chi connectivity index (χ1v) is 5.95. The van der Waals surface area contributed by atoms with E-state index in [0.29, 0.717) is 0 Å². The molecule has 0 aromatic heterocycles. The Kier molecular flexibility index (Phi) is 4.75. The normalized spacial score (nSPS) is 11.4. The van der Waals surface area contributed by atoms with Crippen molar-refractivity contribution < 1.29 is 5.11 Å². The minimum absolute atomic E-state index is 0.530. The van der Waals surface area contributed by atoms with Crippen LogP contribution < -0.4 is 0 Å². The van der Waals surface area contributed by atoms with Crippen molar-refractivity contribution in [1.82, 2.24) is 0 Å². The van der Waals surface area contributed by atoms with Gasteiger partial charge in [0.05, 0.1) is 5.60 Å². The summed E-state index contributed by atoms with van der Waals surface area (Å²) >= 11 is 0. The summed E-state index contributed by atoms with van der Waals surface area (Å²) in [6.07, 6.45) is 6.02. The predicted molar refractivity (Wildman–Crippen MR) is 70.4 cm³/mol. The van der Waals surface area contributed by atoms with E-state index in [4.69, 9.17) is 0 Å². The first kappa shape index (κ1) is 13.0. The lowest BCUT2D eigenvalue weighted by atomic mass is 9.97. The lowest BCUT2D eigenvalue weighted by Gasteiger charge is -2.16. The van der Waals surface area contributed by atoms with Gasteiger partial charge in [-0.1, -0.05) is 43.3 Å². The highest BCUT2D eigenvalue weighted by molar-refractivity contribution is 5.51. The van der Waals surface area contributed by atoms with Crippen LogP contribution >= 0.6 is 0 Å². The number of hydrogen-bond donors (Lipinski definition) is 1. The van der Waals surface area contributed by atoms with E-state index in [-0.39, 0.29) is 0 Å². The number of hydrogen-bond acceptors (Lipinski definition) is 1. The van der Waals surface area contributed by atoms with E-state index in [0.717, 1.165) is 25.7 Å². The molecule has 0 aliphatic heterocycles. The third-order valence-electron chi connectivity index (χ3n) is 2.76. The average Bonchev–Trinajstić information content (AvgIpc) is 2.23. The Balaban J connectivity index is 2.40. The van der Waals surface area contributed by atoms with Crippen molar-refractivity contribution in [3.05, 3.63) is 42.0 Å². The van der Waals surface area contributed by atoms with E-state index >= 15 is 0 Å². The molecule has 1 aromatic carbocycles. The second-order valence-electron chi connectivity index (χ2n) is 4.92. The van der Waals surface area contributed by atoms with Crippen molar-refractivity contribution in [3.8, 4) is 0 Å². The highest BCUT2D eigenvalue weighted by atomic mass is 16.3. The molecule has 0 heterocycles. The molecule has 0 aliphatic carbocycles. The van der Waals surface area contributed by atoms with Gasteiger partial charge in [0.15, 0.2) is 0 Å². The zero-order chi connectivity index (χ0) is 12.0. The van der Waals surface area contributed by atoms with Gasteiger partial charge in [-0.15, -0.1) is 0 Å². The van der Waals surface area contributed by atoms with E-state index in [9.17, 15) is 5.11 Å². The summed E-state index contributed by atoms with van der Waals surface area (Å²) in [6, 6.07) is 8.36. The fourth-order valence-electron chi connectivity index (χ4n) is 1.83. The number of aryl methyl sites for hydroxylation is 1. The van der Waals surface area contributed by atoms with Gasteiger partial charge in [0, 0.05) is 0 Å². The summed E-state index contributed by atoms with van der Waals surface area (Å²) in [6.45, 7) is 7.55. The second-order valence-corrected chi connectivity index (χ2v) is 4.92. The van der Waals surface area contributed by atoms with E-state index in [1.807, 2.05) is 26.0 Å². The quantitative estimate of drug-likeness (QED) is 0.720. The molecule has 1 aromatic rings. The van der Waals surface area contributed by atoms with Gasteiger partial charge in [-0.3, -0.25) is 0 Å². The van der Waals surface area contributed by atoms with Crippen molar-refractivity contribution in [2.75, 3.05) is 0 Å². The molecule has 0 unspecified atom stereocenters. The Hall–Kier alpha value is -1.08. The second kappa shape index (κ2) is 5.86.